The molecule has 0 saturated carbocycles. The molecular formula is C29H24N2O4. The van der Waals surface area contributed by atoms with Crippen LogP contribution in [-0.2, 0) is 16.1 Å². The molecule has 2 heterocycles. The first-order valence-electron chi connectivity index (χ1n) is 11.3. The summed E-state index contributed by atoms with van der Waals surface area (Å²) in [6.07, 6.45) is -0.000167. The Morgan fingerprint density at radius 3 is 2.06 bits per heavy atom. The van der Waals surface area contributed by atoms with E-state index in [2.05, 4.69) is 5.32 Å². The number of anilines is 1. The molecule has 35 heavy (non-hydrogen) atoms. The lowest BCUT2D eigenvalue weighted by Gasteiger charge is -2.15. The van der Waals surface area contributed by atoms with Gasteiger partial charge in [-0.1, -0.05) is 78.9 Å². The van der Waals surface area contributed by atoms with E-state index < -0.39 is 12.3 Å². The third-order valence-electron chi connectivity index (χ3n) is 6.08. The number of carbonyl (C=O) groups excluding carboxylic acids is 2. The summed E-state index contributed by atoms with van der Waals surface area (Å²) < 4.78 is 6.88. The Bertz CT molecular complexity index is 1410. The highest BCUT2D eigenvalue weighted by Crippen LogP contribution is 2.40. The monoisotopic (exact) mass is 464 g/mol. The smallest absolute Gasteiger partial charge is 0.333 e. The number of carbonyl (C=O) groups is 2. The molecule has 4 aromatic rings. The van der Waals surface area contributed by atoms with Gasteiger partial charge in [0.1, 0.15) is 0 Å². The van der Waals surface area contributed by atoms with E-state index in [4.69, 9.17) is 4.74 Å². The van der Waals surface area contributed by atoms with E-state index in [1.54, 1.807) is 0 Å². The summed E-state index contributed by atoms with van der Waals surface area (Å²) in [5, 5.41) is 13.3. The van der Waals surface area contributed by atoms with E-state index in [0.29, 0.717) is 22.5 Å². The van der Waals surface area contributed by atoms with Gasteiger partial charge in [-0.05, 0) is 30.2 Å². The summed E-state index contributed by atoms with van der Waals surface area (Å²) in [6, 6.07) is 28.8. The topological polar surface area (TPSA) is 80.6 Å². The number of para-hydroxylation sites is 1. The maximum Gasteiger partial charge on any atom is 0.333 e. The predicted molar refractivity (Wildman–Crippen MR) is 135 cm³/mol. The Hall–Kier alpha value is -4.42. The summed E-state index contributed by atoms with van der Waals surface area (Å²) in [6.45, 7) is 2.07. The molecule has 0 fully saturated rings. The van der Waals surface area contributed by atoms with Gasteiger partial charge in [0, 0.05) is 28.6 Å². The highest BCUT2D eigenvalue weighted by molar-refractivity contribution is 6.12. The minimum Gasteiger partial charge on any atom is -0.429 e. The van der Waals surface area contributed by atoms with Gasteiger partial charge in [-0.25, -0.2) is 4.79 Å². The lowest BCUT2D eigenvalue weighted by Crippen LogP contribution is -2.16. The number of hydrogen-bond donors (Lipinski definition) is 2. The normalized spacial score (nSPS) is 15.0. The van der Waals surface area contributed by atoms with Crippen molar-refractivity contribution in [1.29, 1.82) is 0 Å². The molecule has 1 atom stereocenters. The van der Waals surface area contributed by atoms with Gasteiger partial charge in [-0.15, -0.1) is 0 Å². The maximum atomic E-state index is 13.7. The first-order chi connectivity index (χ1) is 17.0. The summed E-state index contributed by atoms with van der Waals surface area (Å²) in [4.78, 5) is 25.5. The second-order valence-corrected chi connectivity index (χ2v) is 8.33. The van der Waals surface area contributed by atoms with Crippen molar-refractivity contribution >= 4 is 17.6 Å². The zero-order valence-electron chi connectivity index (χ0n) is 19.1. The molecule has 0 saturated heterocycles. The van der Waals surface area contributed by atoms with Crippen LogP contribution >= 0.6 is 0 Å². The Kier molecular flexibility index (Phi) is 6.04. The second-order valence-electron chi connectivity index (χ2n) is 8.33. The predicted octanol–water partition coefficient (Wildman–Crippen LogP) is 5.18. The number of nitrogens with one attached hydrogen (secondary N) is 1. The van der Waals surface area contributed by atoms with Crippen molar-refractivity contribution in [3.8, 4) is 22.4 Å². The van der Waals surface area contributed by atoms with E-state index in [0.717, 1.165) is 22.4 Å². The van der Waals surface area contributed by atoms with Crippen molar-refractivity contribution in [2.24, 2.45) is 0 Å². The fourth-order valence-electron chi connectivity index (χ4n) is 4.46. The highest BCUT2D eigenvalue weighted by Gasteiger charge is 2.30. The number of cyclic esters (lactones) is 1. The molecule has 1 aromatic heterocycles. The average molecular weight is 465 g/mol. The van der Waals surface area contributed by atoms with Crippen LogP contribution in [0.4, 0.5) is 5.69 Å². The van der Waals surface area contributed by atoms with Crippen LogP contribution in [0.1, 0.15) is 16.1 Å². The minimum atomic E-state index is -1.31. The fourth-order valence-corrected chi connectivity index (χ4v) is 4.46. The number of hydrogen-bond acceptors (Lipinski definition) is 4. The number of aromatic nitrogens is 1. The molecular weight excluding hydrogens is 440 g/mol. The number of benzene rings is 3. The molecule has 6 nitrogen and oxygen atoms in total. The number of amides is 1. The maximum absolute atomic E-state index is 13.7. The van der Waals surface area contributed by atoms with Gasteiger partial charge in [-0.2, -0.15) is 0 Å². The third-order valence-corrected chi connectivity index (χ3v) is 6.08. The van der Waals surface area contributed by atoms with Crippen LogP contribution in [0.2, 0.25) is 0 Å². The molecule has 5 rings (SSSR count). The largest absolute Gasteiger partial charge is 0.429 e. The van der Waals surface area contributed by atoms with Gasteiger partial charge >= 0.3 is 5.97 Å². The Balaban J connectivity index is 1.74. The summed E-state index contributed by atoms with van der Waals surface area (Å²) in [7, 11) is 0. The molecule has 1 aliphatic heterocycles. The molecule has 0 bridgehead atoms. The van der Waals surface area contributed by atoms with Crippen LogP contribution in [0.3, 0.4) is 0 Å². The molecule has 1 aliphatic rings. The number of aliphatic hydroxyl groups excluding tert-OH is 1. The zero-order chi connectivity index (χ0) is 24.4. The van der Waals surface area contributed by atoms with Crippen LogP contribution in [0.15, 0.2) is 103 Å². The first kappa shape index (κ1) is 22.4. The summed E-state index contributed by atoms with van der Waals surface area (Å²) in [5.41, 5.74) is 5.76. The van der Waals surface area contributed by atoms with Gasteiger partial charge < -0.3 is 19.7 Å². The SMILES string of the molecule is Cc1c(C(=O)Nc2ccccc2)c(-c2ccccc2)c(-c2ccccc2)n1CC1=CC(=O)OC1O. The molecule has 2 N–H and O–H groups in total. The van der Waals surface area contributed by atoms with Gasteiger partial charge in [0.25, 0.3) is 5.91 Å². The molecule has 0 radical (unpaired) electrons. The molecule has 0 aliphatic carbocycles. The number of aliphatic hydroxyl groups is 1. The van der Waals surface area contributed by atoms with Gasteiger partial charge in [0.15, 0.2) is 0 Å². The number of nitrogens with zero attached hydrogens (tertiary/aromatic N) is 1. The van der Waals surface area contributed by atoms with Gasteiger partial charge in [0.2, 0.25) is 6.29 Å². The summed E-state index contributed by atoms with van der Waals surface area (Å²) in [5.74, 6) is -0.819. The standard InChI is InChI=1S/C29H24N2O4/c1-19-25(28(33)30-23-15-9-4-10-16-23)26(20-11-5-2-6-12-20)27(21-13-7-3-8-14-21)31(19)18-22-17-24(32)35-29(22)34/h2-17,29,34H,18H2,1H3,(H,30,33). The second kappa shape index (κ2) is 9.44. The molecule has 6 heteroatoms. The minimum absolute atomic E-state index is 0.196. The van der Waals surface area contributed by atoms with E-state index >= 15 is 0 Å². The average Bonchev–Trinajstić information content (AvgIpc) is 3.35. The quantitative estimate of drug-likeness (QED) is 0.385. The van der Waals surface area contributed by atoms with Crippen molar-refractivity contribution in [3.05, 3.63) is 114 Å². The Labute approximate surface area is 203 Å². The van der Waals surface area contributed by atoms with E-state index in [1.807, 2.05) is 102 Å². The van der Waals surface area contributed by atoms with Crippen LogP contribution in [0.5, 0.6) is 0 Å². The van der Waals surface area contributed by atoms with E-state index in [1.165, 1.54) is 6.08 Å². The lowest BCUT2D eigenvalue weighted by atomic mass is 9.96. The Morgan fingerprint density at radius 1 is 0.914 bits per heavy atom. The number of rotatable bonds is 6. The van der Waals surface area contributed by atoms with Crippen molar-refractivity contribution < 1.29 is 19.4 Å². The van der Waals surface area contributed by atoms with E-state index in [-0.39, 0.29) is 12.5 Å². The lowest BCUT2D eigenvalue weighted by molar-refractivity contribution is -0.151. The number of ether oxygens (including phenoxy) is 1. The zero-order valence-corrected chi connectivity index (χ0v) is 19.1. The molecule has 0 spiro atoms. The van der Waals surface area contributed by atoms with Crippen LogP contribution in [0, 0.1) is 6.92 Å². The first-order valence-corrected chi connectivity index (χ1v) is 11.3. The highest BCUT2D eigenvalue weighted by atomic mass is 16.6. The van der Waals surface area contributed by atoms with Crippen molar-refractivity contribution in [2.75, 3.05) is 5.32 Å². The molecule has 174 valence electrons. The van der Waals surface area contributed by atoms with Crippen molar-refractivity contribution in [2.45, 2.75) is 19.8 Å². The summed E-state index contributed by atoms with van der Waals surface area (Å²) >= 11 is 0. The fraction of sp³-hybridized carbons (Fsp3) is 0.103. The number of esters is 1. The molecule has 3 aromatic carbocycles. The molecule has 1 amide bonds. The third kappa shape index (κ3) is 4.39. The van der Waals surface area contributed by atoms with Crippen LogP contribution in [-0.4, -0.2) is 27.8 Å². The van der Waals surface area contributed by atoms with Crippen LogP contribution < -0.4 is 5.32 Å². The van der Waals surface area contributed by atoms with Crippen molar-refractivity contribution in [1.82, 2.24) is 4.57 Å². The van der Waals surface area contributed by atoms with Gasteiger partial charge in [-0.3, -0.25) is 4.79 Å². The van der Waals surface area contributed by atoms with Crippen LogP contribution in [0.25, 0.3) is 22.4 Å². The Morgan fingerprint density at radius 2 is 1.49 bits per heavy atom. The molecule has 1 unspecified atom stereocenters. The van der Waals surface area contributed by atoms with E-state index in [9.17, 15) is 14.7 Å². The van der Waals surface area contributed by atoms with Crippen molar-refractivity contribution in [3.63, 3.8) is 0 Å². The van der Waals surface area contributed by atoms with Gasteiger partial charge in [0.05, 0.1) is 17.8 Å².